The number of hydrogen-bond donors (Lipinski definition) is 2. The van der Waals surface area contributed by atoms with Crippen LogP contribution in [0.3, 0.4) is 0 Å². The second kappa shape index (κ2) is 8.19. The van der Waals surface area contributed by atoms with Gasteiger partial charge in [-0.2, -0.15) is 0 Å². The molecule has 0 unspecified atom stereocenters. The molecule has 0 radical (unpaired) electrons. The zero-order chi connectivity index (χ0) is 21.3. The molecule has 7 heteroatoms. The van der Waals surface area contributed by atoms with Crippen LogP contribution in [0.5, 0.6) is 0 Å². The number of carbonyl (C=O) groups excluding carboxylic acids is 2. The van der Waals surface area contributed by atoms with Gasteiger partial charge in [0.1, 0.15) is 4.88 Å². The summed E-state index contributed by atoms with van der Waals surface area (Å²) in [6.07, 6.45) is 0. The highest BCUT2D eigenvalue weighted by Crippen LogP contribution is 2.36. The molecular weight excluding hydrogens is 427 g/mol. The van der Waals surface area contributed by atoms with E-state index in [2.05, 4.69) is 38.2 Å². The van der Waals surface area contributed by atoms with Gasteiger partial charge < -0.3 is 11.1 Å². The molecule has 29 heavy (non-hydrogen) atoms. The predicted octanol–water partition coefficient (Wildman–Crippen LogP) is 6.37. The summed E-state index contributed by atoms with van der Waals surface area (Å²) >= 11 is 13.2. The maximum Gasteiger partial charge on any atom is 0.260 e. The Morgan fingerprint density at radius 1 is 0.966 bits per heavy atom. The Bertz CT molecular complexity index is 1060. The molecule has 0 saturated carbocycles. The van der Waals surface area contributed by atoms with E-state index in [1.807, 2.05) is 12.1 Å². The fraction of sp³-hybridized carbons (Fsp3) is 0.182. The van der Waals surface area contributed by atoms with E-state index in [0.717, 1.165) is 10.4 Å². The van der Waals surface area contributed by atoms with Gasteiger partial charge in [0.2, 0.25) is 0 Å². The summed E-state index contributed by atoms with van der Waals surface area (Å²) < 4.78 is 0. The average Bonchev–Trinajstić information content (AvgIpc) is 3.04. The topological polar surface area (TPSA) is 72.2 Å². The number of nitrogens with one attached hydrogen (secondary N) is 1. The van der Waals surface area contributed by atoms with Gasteiger partial charge in [-0.15, -0.1) is 11.3 Å². The van der Waals surface area contributed by atoms with Crippen molar-refractivity contribution in [2.45, 2.75) is 26.2 Å². The van der Waals surface area contributed by atoms with Gasteiger partial charge in [0.25, 0.3) is 11.8 Å². The van der Waals surface area contributed by atoms with E-state index in [0.29, 0.717) is 21.3 Å². The van der Waals surface area contributed by atoms with Crippen molar-refractivity contribution < 1.29 is 9.59 Å². The maximum atomic E-state index is 12.6. The molecule has 0 spiro atoms. The maximum absolute atomic E-state index is 12.6. The number of benzene rings is 2. The van der Waals surface area contributed by atoms with Crippen LogP contribution < -0.4 is 11.1 Å². The van der Waals surface area contributed by atoms with Crippen molar-refractivity contribution in [2.75, 3.05) is 5.32 Å². The standard InChI is InChI=1S/C22H20Cl2N2O2S/c1-22(2,3)14-6-4-12(5-7-14)18-11-17(19(29-18)20(25)27)26-21(28)13-8-15(23)10-16(24)9-13/h4-11H,1-3H3,(H2,25,27)(H,26,28). The van der Waals surface area contributed by atoms with E-state index < -0.39 is 11.8 Å². The first-order valence-electron chi connectivity index (χ1n) is 8.86. The lowest BCUT2D eigenvalue weighted by atomic mass is 9.86. The van der Waals surface area contributed by atoms with Crippen molar-refractivity contribution in [3.63, 3.8) is 0 Å². The van der Waals surface area contributed by atoms with Crippen LogP contribution in [0.2, 0.25) is 10.0 Å². The molecule has 2 amide bonds. The molecule has 0 saturated heterocycles. The van der Waals surface area contributed by atoms with E-state index in [1.165, 1.54) is 29.0 Å². The van der Waals surface area contributed by atoms with Crippen LogP contribution in [0, 0.1) is 0 Å². The summed E-state index contributed by atoms with van der Waals surface area (Å²) in [4.78, 5) is 25.6. The Morgan fingerprint density at radius 2 is 1.55 bits per heavy atom. The Balaban J connectivity index is 1.93. The first-order chi connectivity index (χ1) is 13.5. The van der Waals surface area contributed by atoms with Crippen LogP contribution in [-0.2, 0) is 5.41 Å². The molecule has 4 nitrogen and oxygen atoms in total. The van der Waals surface area contributed by atoms with Crippen molar-refractivity contribution in [1.29, 1.82) is 0 Å². The number of thiophene rings is 1. The summed E-state index contributed by atoms with van der Waals surface area (Å²) in [6.45, 7) is 6.44. The Labute approximate surface area is 183 Å². The molecule has 3 aromatic rings. The highest BCUT2D eigenvalue weighted by Gasteiger charge is 2.19. The van der Waals surface area contributed by atoms with Crippen molar-refractivity contribution in [3.8, 4) is 10.4 Å². The second-order valence-electron chi connectivity index (χ2n) is 7.66. The Hall–Kier alpha value is -2.34. The largest absolute Gasteiger partial charge is 0.365 e. The van der Waals surface area contributed by atoms with Gasteiger partial charge in [-0.25, -0.2) is 0 Å². The number of halogens is 2. The normalized spacial score (nSPS) is 11.3. The summed E-state index contributed by atoms with van der Waals surface area (Å²) in [5.74, 6) is -1.03. The zero-order valence-corrected chi connectivity index (χ0v) is 18.5. The summed E-state index contributed by atoms with van der Waals surface area (Å²) in [7, 11) is 0. The average molecular weight is 447 g/mol. The highest BCUT2D eigenvalue weighted by atomic mass is 35.5. The number of anilines is 1. The quantitative estimate of drug-likeness (QED) is 0.488. The molecule has 1 heterocycles. The first-order valence-corrected chi connectivity index (χ1v) is 10.4. The molecule has 0 aliphatic carbocycles. The van der Waals surface area contributed by atoms with Crippen LogP contribution >= 0.6 is 34.5 Å². The van der Waals surface area contributed by atoms with Gasteiger partial charge in [0.05, 0.1) is 5.69 Å². The molecule has 1 aromatic heterocycles. The third kappa shape index (κ3) is 4.99. The molecule has 0 bridgehead atoms. The van der Waals surface area contributed by atoms with E-state index in [-0.39, 0.29) is 10.3 Å². The minimum Gasteiger partial charge on any atom is -0.365 e. The Kier molecular flexibility index (Phi) is 6.03. The number of primary amides is 1. The molecule has 2 aromatic carbocycles. The number of nitrogens with two attached hydrogens (primary N) is 1. The van der Waals surface area contributed by atoms with Gasteiger partial charge in [-0.1, -0.05) is 68.2 Å². The molecule has 3 rings (SSSR count). The zero-order valence-electron chi connectivity index (χ0n) is 16.2. The molecule has 0 aliphatic rings. The lowest BCUT2D eigenvalue weighted by Crippen LogP contribution is -2.16. The smallest absolute Gasteiger partial charge is 0.260 e. The van der Waals surface area contributed by atoms with Crippen molar-refractivity contribution in [1.82, 2.24) is 0 Å². The van der Waals surface area contributed by atoms with Crippen molar-refractivity contribution in [2.24, 2.45) is 5.73 Å². The first kappa shape index (κ1) is 21.4. The number of hydrogen-bond acceptors (Lipinski definition) is 3. The molecule has 150 valence electrons. The number of rotatable bonds is 4. The lowest BCUT2D eigenvalue weighted by molar-refractivity contribution is 0.100. The lowest BCUT2D eigenvalue weighted by Gasteiger charge is -2.18. The van der Waals surface area contributed by atoms with Gasteiger partial charge in [0, 0.05) is 20.5 Å². The third-order valence-corrected chi connectivity index (χ3v) is 6.00. The summed E-state index contributed by atoms with van der Waals surface area (Å²) in [5.41, 5.74) is 8.37. The number of amides is 2. The summed E-state index contributed by atoms with van der Waals surface area (Å²) in [6, 6.07) is 14.4. The van der Waals surface area contributed by atoms with E-state index in [9.17, 15) is 9.59 Å². The van der Waals surface area contributed by atoms with Crippen LogP contribution in [0.15, 0.2) is 48.5 Å². The molecule has 3 N–H and O–H groups in total. The molecule has 0 fully saturated rings. The van der Waals surface area contributed by atoms with Crippen LogP contribution in [0.1, 0.15) is 46.4 Å². The molecule has 0 atom stereocenters. The second-order valence-corrected chi connectivity index (χ2v) is 9.58. The monoisotopic (exact) mass is 446 g/mol. The van der Waals surface area contributed by atoms with Crippen LogP contribution in [-0.4, -0.2) is 11.8 Å². The van der Waals surface area contributed by atoms with Gasteiger partial charge in [0.15, 0.2) is 0 Å². The van der Waals surface area contributed by atoms with E-state index >= 15 is 0 Å². The third-order valence-electron chi connectivity index (χ3n) is 4.36. The van der Waals surface area contributed by atoms with Crippen molar-refractivity contribution >= 4 is 52.0 Å². The van der Waals surface area contributed by atoms with E-state index in [1.54, 1.807) is 12.1 Å². The minimum atomic E-state index is -0.605. The summed E-state index contributed by atoms with van der Waals surface area (Å²) in [5, 5.41) is 3.44. The predicted molar refractivity (Wildman–Crippen MR) is 121 cm³/mol. The van der Waals surface area contributed by atoms with E-state index in [4.69, 9.17) is 28.9 Å². The number of carbonyl (C=O) groups is 2. The van der Waals surface area contributed by atoms with Crippen LogP contribution in [0.4, 0.5) is 5.69 Å². The van der Waals surface area contributed by atoms with Crippen LogP contribution in [0.25, 0.3) is 10.4 Å². The molecular formula is C22H20Cl2N2O2S. The minimum absolute atomic E-state index is 0.0454. The van der Waals surface area contributed by atoms with Gasteiger partial charge in [-0.3, -0.25) is 9.59 Å². The van der Waals surface area contributed by atoms with Gasteiger partial charge in [-0.05, 0) is 40.8 Å². The SMILES string of the molecule is CC(C)(C)c1ccc(-c2cc(NC(=O)c3cc(Cl)cc(Cl)c3)c(C(N)=O)s2)cc1. The fourth-order valence-corrected chi connectivity index (χ4v) is 4.32. The highest BCUT2D eigenvalue weighted by molar-refractivity contribution is 7.18. The molecule has 0 aliphatic heterocycles. The van der Waals surface area contributed by atoms with Crippen molar-refractivity contribution in [3.05, 3.63) is 74.6 Å². The van der Waals surface area contributed by atoms with Gasteiger partial charge >= 0.3 is 0 Å². The fourth-order valence-electron chi connectivity index (χ4n) is 2.82. The Morgan fingerprint density at radius 3 is 2.07 bits per heavy atom.